The zero-order valence-corrected chi connectivity index (χ0v) is 11.3. The average molecular weight is 302 g/mol. The summed E-state index contributed by atoms with van der Waals surface area (Å²) in [4.78, 5) is 14.4. The van der Waals surface area contributed by atoms with Crippen molar-refractivity contribution in [3.05, 3.63) is 49.7 Å². The van der Waals surface area contributed by atoms with Crippen molar-refractivity contribution in [1.29, 1.82) is 0 Å². The normalized spacial score (nSPS) is 12.2. The summed E-state index contributed by atoms with van der Waals surface area (Å²) in [7, 11) is 0. The number of thiazole rings is 1. The van der Waals surface area contributed by atoms with Crippen LogP contribution < -0.4 is 5.32 Å². The fourth-order valence-corrected chi connectivity index (χ4v) is 2.35. The molecule has 0 aliphatic rings. The number of nitro groups is 1. The zero-order valence-electron chi connectivity index (χ0n) is 9.76. The molecule has 0 spiro atoms. The van der Waals surface area contributed by atoms with Gasteiger partial charge in [0.15, 0.2) is 0 Å². The molecule has 1 aromatic heterocycles. The highest BCUT2D eigenvalue weighted by molar-refractivity contribution is 7.09. The van der Waals surface area contributed by atoms with E-state index in [-0.39, 0.29) is 22.4 Å². The first-order valence-corrected chi connectivity index (χ1v) is 6.54. The zero-order chi connectivity index (χ0) is 14.0. The second-order valence-corrected chi connectivity index (χ2v) is 5.11. The Morgan fingerprint density at radius 1 is 1.58 bits per heavy atom. The van der Waals surface area contributed by atoms with Crippen molar-refractivity contribution in [2.45, 2.75) is 13.0 Å². The van der Waals surface area contributed by atoms with Gasteiger partial charge >= 0.3 is 0 Å². The molecule has 1 N–H and O–H groups in total. The molecule has 0 saturated heterocycles. The first-order chi connectivity index (χ1) is 8.99. The van der Waals surface area contributed by atoms with Crippen LogP contribution in [0, 0.1) is 15.9 Å². The van der Waals surface area contributed by atoms with Crippen LogP contribution >= 0.6 is 22.9 Å². The van der Waals surface area contributed by atoms with E-state index in [9.17, 15) is 14.5 Å². The van der Waals surface area contributed by atoms with E-state index in [0.717, 1.165) is 17.1 Å². The van der Waals surface area contributed by atoms with Gasteiger partial charge < -0.3 is 5.32 Å². The molecule has 0 radical (unpaired) electrons. The van der Waals surface area contributed by atoms with Crippen molar-refractivity contribution >= 4 is 34.3 Å². The molecule has 0 aliphatic heterocycles. The van der Waals surface area contributed by atoms with E-state index in [1.54, 1.807) is 18.5 Å². The van der Waals surface area contributed by atoms with Crippen LogP contribution in [0.1, 0.15) is 18.0 Å². The Morgan fingerprint density at radius 3 is 2.89 bits per heavy atom. The Kier molecular flexibility index (Phi) is 3.96. The highest BCUT2D eigenvalue weighted by Crippen LogP contribution is 2.33. The maximum Gasteiger partial charge on any atom is 0.294 e. The summed E-state index contributed by atoms with van der Waals surface area (Å²) < 4.78 is 13.4. The topological polar surface area (TPSA) is 68.1 Å². The number of halogens is 2. The molecule has 2 aromatic rings. The standard InChI is InChI=1S/C11H9ClFN3O2S/c1-6(11-14-2-3-19-11)15-9-5-8(13)7(12)4-10(9)16(17)18/h2-6,15H,1H3. The number of hydrogen-bond acceptors (Lipinski definition) is 5. The summed E-state index contributed by atoms with van der Waals surface area (Å²) >= 11 is 6.96. The number of aromatic nitrogens is 1. The van der Waals surface area contributed by atoms with Crippen LogP contribution in [0.15, 0.2) is 23.7 Å². The lowest BCUT2D eigenvalue weighted by Crippen LogP contribution is -2.08. The van der Waals surface area contributed by atoms with Crippen molar-refractivity contribution in [3.8, 4) is 0 Å². The SMILES string of the molecule is CC(Nc1cc(F)c(Cl)cc1[N+](=O)[O-])c1nccs1. The highest BCUT2D eigenvalue weighted by atomic mass is 35.5. The van der Waals surface area contributed by atoms with Gasteiger partial charge in [-0.15, -0.1) is 11.3 Å². The molecule has 8 heteroatoms. The predicted octanol–water partition coefficient (Wildman–Crippen LogP) is 4.02. The highest BCUT2D eigenvalue weighted by Gasteiger charge is 2.20. The Labute approximate surface area is 117 Å². The van der Waals surface area contributed by atoms with E-state index in [1.165, 1.54) is 11.3 Å². The molecular formula is C11H9ClFN3O2S. The van der Waals surface area contributed by atoms with E-state index in [1.807, 2.05) is 0 Å². The molecule has 0 fully saturated rings. The first-order valence-electron chi connectivity index (χ1n) is 5.28. The molecule has 19 heavy (non-hydrogen) atoms. The van der Waals surface area contributed by atoms with Gasteiger partial charge in [0, 0.05) is 23.7 Å². The minimum atomic E-state index is -0.707. The number of rotatable bonds is 4. The van der Waals surface area contributed by atoms with Crippen LogP contribution in [0.25, 0.3) is 0 Å². The van der Waals surface area contributed by atoms with Crippen LogP contribution in [0.2, 0.25) is 5.02 Å². The van der Waals surface area contributed by atoms with Gasteiger partial charge in [0.25, 0.3) is 5.69 Å². The third-order valence-corrected chi connectivity index (χ3v) is 3.68. The smallest absolute Gasteiger partial charge is 0.294 e. The number of nitro benzene ring substituents is 1. The Balaban J connectivity index is 2.33. The Hall–Kier alpha value is -1.73. The number of hydrogen-bond donors (Lipinski definition) is 1. The molecular weight excluding hydrogens is 293 g/mol. The molecule has 1 unspecified atom stereocenters. The molecule has 1 atom stereocenters. The summed E-state index contributed by atoms with van der Waals surface area (Å²) in [6.45, 7) is 1.79. The minimum Gasteiger partial charge on any atom is -0.370 e. The molecule has 2 rings (SSSR count). The summed E-state index contributed by atoms with van der Waals surface area (Å²) in [5.74, 6) is -0.707. The average Bonchev–Trinajstić information content (AvgIpc) is 2.86. The lowest BCUT2D eigenvalue weighted by atomic mass is 10.2. The van der Waals surface area contributed by atoms with E-state index >= 15 is 0 Å². The van der Waals surface area contributed by atoms with Crippen LogP contribution in [0.4, 0.5) is 15.8 Å². The van der Waals surface area contributed by atoms with Gasteiger partial charge in [-0.05, 0) is 6.92 Å². The van der Waals surface area contributed by atoms with E-state index in [0.29, 0.717) is 0 Å². The van der Waals surface area contributed by atoms with Gasteiger partial charge in [-0.1, -0.05) is 11.6 Å². The van der Waals surface area contributed by atoms with Crippen molar-refractivity contribution in [1.82, 2.24) is 4.98 Å². The maximum atomic E-state index is 13.4. The van der Waals surface area contributed by atoms with Crippen LogP contribution in [0.5, 0.6) is 0 Å². The molecule has 100 valence electrons. The fourth-order valence-electron chi connectivity index (χ4n) is 1.55. The van der Waals surface area contributed by atoms with Crippen molar-refractivity contribution < 1.29 is 9.31 Å². The van der Waals surface area contributed by atoms with Gasteiger partial charge in [0.1, 0.15) is 16.5 Å². The summed E-state index contributed by atoms with van der Waals surface area (Å²) in [6, 6.07) is 1.75. The van der Waals surface area contributed by atoms with Crippen molar-refractivity contribution in [2.24, 2.45) is 0 Å². The summed E-state index contributed by atoms with van der Waals surface area (Å²) in [6.07, 6.45) is 1.63. The summed E-state index contributed by atoms with van der Waals surface area (Å²) in [5.41, 5.74) is -0.190. The van der Waals surface area contributed by atoms with Crippen molar-refractivity contribution in [3.63, 3.8) is 0 Å². The van der Waals surface area contributed by atoms with E-state index in [4.69, 9.17) is 11.6 Å². The molecule has 0 aliphatic carbocycles. The number of anilines is 1. The number of benzene rings is 1. The number of nitrogens with zero attached hydrogens (tertiary/aromatic N) is 2. The third-order valence-electron chi connectivity index (χ3n) is 2.43. The van der Waals surface area contributed by atoms with Gasteiger partial charge in [0.2, 0.25) is 0 Å². The molecule has 5 nitrogen and oxygen atoms in total. The molecule has 0 amide bonds. The fraction of sp³-hybridized carbons (Fsp3) is 0.182. The van der Waals surface area contributed by atoms with E-state index in [2.05, 4.69) is 10.3 Å². The van der Waals surface area contributed by atoms with Gasteiger partial charge in [0.05, 0.1) is 16.0 Å². The quantitative estimate of drug-likeness (QED) is 0.684. The Morgan fingerprint density at radius 2 is 2.32 bits per heavy atom. The van der Waals surface area contributed by atoms with Crippen LogP contribution in [0.3, 0.4) is 0 Å². The largest absolute Gasteiger partial charge is 0.370 e. The summed E-state index contributed by atoms with van der Waals surface area (Å²) in [5, 5.41) is 16.1. The minimum absolute atomic E-state index is 0.0783. The monoisotopic (exact) mass is 301 g/mol. The van der Waals surface area contributed by atoms with Crippen molar-refractivity contribution in [2.75, 3.05) is 5.32 Å². The third kappa shape index (κ3) is 2.99. The Bertz CT molecular complexity index is 606. The second-order valence-electron chi connectivity index (χ2n) is 3.78. The lowest BCUT2D eigenvalue weighted by Gasteiger charge is -2.13. The molecule has 0 saturated carbocycles. The predicted molar refractivity (Wildman–Crippen MR) is 72.2 cm³/mol. The molecule has 0 bridgehead atoms. The van der Waals surface area contributed by atoms with Gasteiger partial charge in [-0.25, -0.2) is 9.37 Å². The number of nitrogens with one attached hydrogen (secondary N) is 1. The maximum absolute atomic E-state index is 13.4. The lowest BCUT2D eigenvalue weighted by molar-refractivity contribution is -0.384. The first kappa shape index (κ1) is 13.7. The van der Waals surface area contributed by atoms with Gasteiger partial charge in [-0.2, -0.15) is 0 Å². The van der Waals surface area contributed by atoms with Crippen LogP contribution in [-0.4, -0.2) is 9.91 Å². The molecule has 1 heterocycles. The second kappa shape index (κ2) is 5.50. The van der Waals surface area contributed by atoms with E-state index < -0.39 is 10.7 Å². The van der Waals surface area contributed by atoms with Crippen LogP contribution in [-0.2, 0) is 0 Å². The van der Waals surface area contributed by atoms with Gasteiger partial charge in [-0.3, -0.25) is 10.1 Å². The molecule has 1 aromatic carbocycles.